The molecule has 1 aromatic carbocycles. The quantitative estimate of drug-likeness (QED) is 0.768. The molecule has 0 saturated carbocycles. The van der Waals surface area contributed by atoms with Crippen LogP contribution in [0.3, 0.4) is 0 Å². The predicted molar refractivity (Wildman–Crippen MR) is 98.4 cm³/mol. The number of amides is 1. The second kappa shape index (κ2) is 8.92. The lowest BCUT2D eigenvalue weighted by Gasteiger charge is -2.36. The van der Waals surface area contributed by atoms with Crippen molar-refractivity contribution in [2.45, 2.75) is 32.4 Å². The summed E-state index contributed by atoms with van der Waals surface area (Å²) in [6, 6.07) is 5.37. The number of nitrogens with one attached hydrogen (secondary N) is 1. The van der Waals surface area contributed by atoms with Gasteiger partial charge in [0.2, 0.25) is 5.91 Å². The zero-order chi connectivity index (χ0) is 19.3. The molecule has 1 saturated heterocycles. The van der Waals surface area contributed by atoms with Crippen LogP contribution in [0.1, 0.15) is 13.8 Å². The molecule has 26 heavy (non-hydrogen) atoms. The smallest absolute Gasteiger partial charge is 0.404 e. The first-order valence-corrected chi connectivity index (χ1v) is 9.25. The Morgan fingerprint density at radius 3 is 2.58 bits per heavy atom. The molecular weight excluding hydrogens is 389 g/mol. The van der Waals surface area contributed by atoms with Crippen molar-refractivity contribution in [3.05, 3.63) is 24.3 Å². The van der Waals surface area contributed by atoms with E-state index in [1.54, 1.807) is 0 Å². The fraction of sp³-hybridized carbons (Fsp3) is 0.500. The van der Waals surface area contributed by atoms with Gasteiger partial charge in [0.25, 0.3) is 0 Å². The van der Waals surface area contributed by atoms with E-state index in [0.29, 0.717) is 17.4 Å². The summed E-state index contributed by atoms with van der Waals surface area (Å²) in [5, 5.41) is 2.42. The highest BCUT2D eigenvalue weighted by Gasteiger charge is 2.32. The van der Waals surface area contributed by atoms with Gasteiger partial charge in [-0.2, -0.15) is 0 Å². The number of para-hydroxylation sites is 2. The number of morpholine rings is 1. The number of alkyl halides is 3. The van der Waals surface area contributed by atoms with Crippen LogP contribution in [-0.2, 0) is 9.53 Å². The molecule has 1 aromatic rings. The fourth-order valence-electron chi connectivity index (χ4n) is 2.52. The normalized spacial score (nSPS) is 20.6. The van der Waals surface area contributed by atoms with Crippen molar-refractivity contribution in [1.29, 1.82) is 0 Å². The molecule has 1 aliphatic rings. The predicted octanol–water partition coefficient (Wildman–Crippen LogP) is 3.65. The SMILES string of the molecule is C[C@H]1CN(C(=S)SCC(=O)Nc2ccccc2OC(F)(F)F)C[C@H](C)O1. The van der Waals surface area contributed by atoms with Crippen LogP contribution < -0.4 is 10.1 Å². The van der Waals surface area contributed by atoms with Crippen molar-refractivity contribution in [3.63, 3.8) is 0 Å². The lowest BCUT2D eigenvalue weighted by atomic mass is 10.2. The van der Waals surface area contributed by atoms with Gasteiger partial charge in [-0.05, 0) is 26.0 Å². The fourth-order valence-corrected chi connectivity index (χ4v) is 3.50. The Kier molecular flexibility index (Phi) is 7.13. The van der Waals surface area contributed by atoms with Crippen LogP contribution in [0.15, 0.2) is 24.3 Å². The van der Waals surface area contributed by atoms with Gasteiger partial charge < -0.3 is 19.7 Å². The molecule has 1 amide bonds. The molecule has 1 aliphatic heterocycles. The van der Waals surface area contributed by atoms with E-state index >= 15 is 0 Å². The highest BCUT2D eigenvalue weighted by molar-refractivity contribution is 8.23. The molecule has 0 spiro atoms. The Labute approximate surface area is 159 Å². The monoisotopic (exact) mass is 408 g/mol. The summed E-state index contributed by atoms with van der Waals surface area (Å²) >= 11 is 6.50. The standard InChI is InChI=1S/C16H19F3N2O3S2/c1-10-7-21(8-11(2)23-10)15(25)26-9-14(22)20-12-5-3-4-6-13(12)24-16(17,18)19/h3-6,10-11H,7-9H2,1-2H3,(H,20,22)/t10-,11-/m0/s1. The van der Waals surface area contributed by atoms with Crippen molar-refractivity contribution < 1.29 is 27.4 Å². The van der Waals surface area contributed by atoms with Gasteiger partial charge in [0.05, 0.1) is 23.6 Å². The maximum Gasteiger partial charge on any atom is 0.573 e. The number of hydrogen-bond donors (Lipinski definition) is 1. The topological polar surface area (TPSA) is 50.8 Å². The van der Waals surface area contributed by atoms with E-state index in [1.165, 1.54) is 18.2 Å². The molecule has 1 heterocycles. The van der Waals surface area contributed by atoms with E-state index in [-0.39, 0.29) is 23.6 Å². The number of carbonyl (C=O) groups is 1. The Balaban J connectivity index is 1.88. The lowest BCUT2D eigenvalue weighted by Crippen LogP contribution is -2.47. The number of anilines is 1. The van der Waals surface area contributed by atoms with E-state index in [4.69, 9.17) is 17.0 Å². The molecule has 0 aliphatic carbocycles. The first-order chi connectivity index (χ1) is 12.1. The molecule has 144 valence electrons. The second-order valence-corrected chi connectivity index (χ2v) is 7.42. The van der Waals surface area contributed by atoms with Crippen LogP contribution in [-0.4, -0.2) is 52.5 Å². The second-order valence-electron chi connectivity index (χ2n) is 5.81. The summed E-state index contributed by atoms with van der Waals surface area (Å²) in [6.45, 7) is 5.17. The molecule has 10 heteroatoms. The first-order valence-electron chi connectivity index (χ1n) is 7.86. The molecule has 0 unspecified atom stereocenters. The number of carbonyl (C=O) groups excluding carboxylic acids is 1. The van der Waals surface area contributed by atoms with Crippen LogP contribution in [0.4, 0.5) is 18.9 Å². The van der Waals surface area contributed by atoms with Gasteiger partial charge in [0.1, 0.15) is 4.32 Å². The molecule has 5 nitrogen and oxygen atoms in total. The third-order valence-electron chi connectivity index (χ3n) is 3.39. The Bertz CT molecular complexity index is 648. The average molecular weight is 408 g/mol. The number of hydrogen-bond acceptors (Lipinski definition) is 5. The van der Waals surface area contributed by atoms with Gasteiger partial charge in [-0.15, -0.1) is 13.2 Å². The van der Waals surface area contributed by atoms with Gasteiger partial charge in [-0.3, -0.25) is 4.79 Å². The zero-order valence-corrected chi connectivity index (χ0v) is 15.8. The maximum atomic E-state index is 12.4. The van der Waals surface area contributed by atoms with Crippen LogP contribution in [0, 0.1) is 0 Å². The summed E-state index contributed by atoms with van der Waals surface area (Å²) in [5.41, 5.74) is -0.0463. The van der Waals surface area contributed by atoms with E-state index in [0.717, 1.165) is 17.8 Å². The Morgan fingerprint density at radius 2 is 1.96 bits per heavy atom. The van der Waals surface area contributed by atoms with Gasteiger partial charge in [0.15, 0.2) is 5.75 Å². The zero-order valence-electron chi connectivity index (χ0n) is 14.2. The lowest BCUT2D eigenvalue weighted by molar-refractivity contribution is -0.274. The molecule has 0 bridgehead atoms. The third kappa shape index (κ3) is 6.65. The minimum atomic E-state index is -4.83. The molecule has 1 fully saturated rings. The van der Waals surface area contributed by atoms with Crippen LogP contribution in [0.2, 0.25) is 0 Å². The Hall–Kier alpha value is -1.52. The number of halogens is 3. The highest BCUT2D eigenvalue weighted by Crippen LogP contribution is 2.30. The van der Waals surface area contributed by atoms with E-state index < -0.39 is 18.0 Å². The first kappa shape index (κ1) is 20.8. The van der Waals surface area contributed by atoms with E-state index in [9.17, 15) is 18.0 Å². The number of thiocarbonyl (C=S) groups is 1. The summed E-state index contributed by atoms with van der Waals surface area (Å²) in [7, 11) is 0. The number of thioether (sulfide) groups is 1. The van der Waals surface area contributed by atoms with E-state index in [1.807, 2.05) is 18.7 Å². The van der Waals surface area contributed by atoms with Crippen molar-refractivity contribution in [2.24, 2.45) is 0 Å². The van der Waals surface area contributed by atoms with Crippen molar-refractivity contribution in [1.82, 2.24) is 4.90 Å². The summed E-state index contributed by atoms with van der Waals surface area (Å²) < 4.78 is 47.3. The number of nitrogens with zero attached hydrogens (tertiary/aromatic N) is 1. The summed E-state index contributed by atoms with van der Waals surface area (Å²) in [5.74, 6) is -0.944. The largest absolute Gasteiger partial charge is 0.573 e. The Morgan fingerprint density at radius 1 is 1.35 bits per heavy atom. The van der Waals surface area contributed by atoms with Crippen LogP contribution in [0.5, 0.6) is 5.75 Å². The highest BCUT2D eigenvalue weighted by atomic mass is 32.2. The maximum absolute atomic E-state index is 12.4. The minimum Gasteiger partial charge on any atom is -0.404 e. The summed E-state index contributed by atoms with van der Waals surface area (Å²) in [4.78, 5) is 14.0. The minimum absolute atomic E-state index is 0.0146. The van der Waals surface area contributed by atoms with Crippen molar-refractivity contribution in [3.8, 4) is 5.75 Å². The third-order valence-corrected chi connectivity index (χ3v) is 4.91. The van der Waals surface area contributed by atoms with Crippen molar-refractivity contribution >= 4 is 39.9 Å². The number of benzene rings is 1. The average Bonchev–Trinajstić information content (AvgIpc) is 2.52. The van der Waals surface area contributed by atoms with E-state index in [2.05, 4.69) is 10.1 Å². The molecule has 0 aromatic heterocycles. The molecule has 2 atom stereocenters. The van der Waals surface area contributed by atoms with Crippen LogP contribution >= 0.6 is 24.0 Å². The van der Waals surface area contributed by atoms with Gasteiger partial charge in [-0.25, -0.2) is 0 Å². The van der Waals surface area contributed by atoms with Gasteiger partial charge in [-0.1, -0.05) is 36.1 Å². The summed E-state index contributed by atoms with van der Waals surface area (Å²) in [6.07, 6.45) is -4.75. The molecule has 0 radical (unpaired) electrons. The number of ether oxygens (including phenoxy) is 2. The number of rotatable bonds is 4. The molecule has 1 N–H and O–H groups in total. The van der Waals surface area contributed by atoms with Gasteiger partial charge >= 0.3 is 6.36 Å². The van der Waals surface area contributed by atoms with Gasteiger partial charge in [0, 0.05) is 13.1 Å². The van der Waals surface area contributed by atoms with Crippen molar-refractivity contribution in [2.75, 3.05) is 24.2 Å². The van der Waals surface area contributed by atoms with Crippen LogP contribution in [0.25, 0.3) is 0 Å². The molecular formula is C16H19F3N2O3S2. The molecule has 2 rings (SSSR count).